The van der Waals surface area contributed by atoms with Crippen LogP contribution < -0.4 is 5.32 Å². The number of halogens is 2. The monoisotopic (exact) mass is 251 g/mol. The summed E-state index contributed by atoms with van der Waals surface area (Å²) in [5, 5.41) is 3.12. The van der Waals surface area contributed by atoms with E-state index in [-0.39, 0.29) is 17.4 Å². The van der Waals surface area contributed by atoms with Crippen molar-refractivity contribution in [2.24, 2.45) is 0 Å². The molecule has 0 spiro atoms. The van der Waals surface area contributed by atoms with E-state index in [1.165, 1.54) is 30.8 Å². The summed E-state index contributed by atoms with van der Waals surface area (Å²) in [6.45, 7) is 0. The fraction of sp³-hybridized carbons (Fsp3) is 0.0833. The number of amides is 1. The third-order valence-corrected chi connectivity index (χ3v) is 2.42. The van der Waals surface area contributed by atoms with Crippen LogP contribution >= 0.6 is 11.6 Å². The molecule has 0 saturated heterocycles. The molecule has 1 N–H and O–H groups in total. The molecule has 17 heavy (non-hydrogen) atoms. The molecule has 5 heteroatoms. The smallest absolute Gasteiger partial charge is 0.273 e. The van der Waals surface area contributed by atoms with Crippen molar-refractivity contribution in [2.45, 2.75) is 6.42 Å². The van der Waals surface area contributed by atoms with Crippen molar-refractivity contribution in [3.8, 4) is 0 Å². The first-order chi connectivity index (χ1) is 8.15. The number of nitrogens with one attached hydrogen (secondary N) is 1. The van der Waals surface area contributed by atoms with Crippen LogP contribution in [0.4, 0.5) is 4.39 Å². The second-order valence-electron chi connectivity index (χ2n) is 3.47. The number of hydrogen-bond acceptors (Lipinski definition) is 2. The largest absolute Gasteiger partial charge is 0.324 e. The molecular weight excluding hydrogens is 243 g/mol. The van der Waals surface area contributed by atoms with Crippen LogP contribution in [-0.2, 0) is 0 Å². The minimum Gasteiger partial charge on any atom is -0.324 e. The van der Waals surface area contributed by atoms with Gasteiger partial charge in [0, 0.05) is 18.3 Å². The molecular formula is C12H9ClFN2O. The summed E-state index contributed by atoms with van der Waals surface area (Å²) in [6, 6.07) is 3.12. The van der Waals surface area contributed by atoms with E-state index >= 15 is 0 Å². The van der Waals surface area contributed by atoms with Crippen LogP contribution in [0.3, 0.4) is 0 Å². The van der Waals surface area contributed by atoms with E-state index in [0.29, 0.717) is 17.1 Å². The van der Waals surface area contributed by atoms with E-state index in [0.717, 1.165) is 0 Å². The first kappa shape index (κ1) is 11.8. The SMILES string of the molecule is O=C(NC1=CC=C(F)[CH]C1)c1ccc(Cl)cn1. The van der Waals surface area contributed by atoms with Crippen molar-refractivity contribution in [2.75, 3.05) is 0 Å². The Hall–Kier alpha value is -1.68. The second kappa shape index (κ2) is 5.10. The molecule has 1 aromatic rings. The maximum absolute atomic E-state index is 12.7. The molecule has 0 aromatic carbocycles. The first-order valence-electron chi connectivity index (χ1n) is 4.97. The number of carbonyl (C=O) groups is 1. The lowest BCUT2D eigenvalue weighted by Crippen LogP contribution is -2.24. The van der Waals surface area contributed by atoms with Gasteiger partial charge in [-0.15, -0.1) is 0 Å². The number of carbonyl (C=O) groups excluding carboxylic acids is 1. The molecule has 1 aromatic heterocycles. The van der Waals surface area contributed by atoms with E-state index in [2.05, 4.69) is 10.3 Å². The Balaban J connectivity index is 2.05. The molecule has 1 amide bonds. The average Bonchev–Trinajstić information content (AvgIpc) is 2.33. The van der Waals surface area contributed by atoms with Gasteiger partial charge in [-0.25, -0.2) is 9.37 Å². The summed E-state index contributed by atoms with van der Waals surface area (Å²) < 4.78 is 12.7. The minimum absolute atomic E-state index is 0.269. The predicted molar refractivity (Wildman–Crippen MR) is 62.9 cm³/mol. The Kier molecular flexibility index (Phi) is 3.54. The summed E-state index contributed by atoms with van der Waals surface area (Å²) in [4.78, 5) is 15.6. The van der Waals surface area contributed by atoms with Crippen LogP contribution in [0, 0.1) is 6.42 Å². The molecule has 87 valence electrons. The Morgan fingerprint density at radius 2 is 2.24 bits per heavy atom. The zero-order valence-electron chi connectivity index (χ0n) is 8.78. The minimum atomic E-state index is -0.336. The lowest BCUT2D eigenvalue weighted by atomic mass is 10.1. The van der Waals surface area contributed by atoms with Gasteiger partial charge in [-0.2, -0.15) is 0 Å². The maximum Gasteiger partial charge on any atom is 0.273 e. The second-order valence-corrected chi connectivity index (χ2v) is 3.90. The van der Waals surface area contributed by atoms with Gasteiger partial charge in [0.1, 0.15) is 11.5 Å². The molecule has 0 fully saturated rings. The summed E-state index contributed by atoms with van der Waals surface area (Å²) in [5.41, 5.74) is 0.901. The number of nitrogens with zero attached hydrogens (tertiary/aromatic N) is 1. The molecule has 1 heterocycles. The van der Waals surface area contributed by atoms with Crippen molar-refractivity contribution in [1.29, 1.82) is 0 Å². The van der Waals surface area contributed by atoms with Gasteiger partial charge in [0.15, 0.2) is 0 Å². The number of pyridine rings is 1. The predicted octanol–water partition coefficient (Wildman–Crippen LogP) is 2.81. The van der Waals surface area contributed by atoms with Gasteiger partial charge in [-0.3, -0.25) is 4.79 Å². The summed E-state index contributed by atoms with van der Waals surface area (Å²) in [5.74, 6) is -0.635. The highest BCUT2D eigenvalue weighted by atomic mass is 35.5. The van der Waals surface area contributed by atoms with E-state index < -0.39 is 0 Å². The highest BCUT2D eigenvalue weighted by molar-refractivity contribution is 6.30. The maximum atomic E-state index is 12.7. The van der Waals surface area contributed by atoms with Gasteiger partial charge in [0.2, 0.25) is 0 Å². The normalized spacial score (nSPS) is 14.9. The number of hydrogen-bond donors (Lipinski definition) is 1. The molecule has 0 unspecified atom stereocenters. The van der Waals surface area contributed by atoms with Gasteiger partial charge in [-0.1, -0.05) is 11.6 Å². The zero-order valence-corrected chi connectivity index (χ0v) is 9.54. The fourth-order valence-corrected chi connectivity index (χ4v) is 1.45. The quantitative estimate of drug-likeness (QED) is 0.878. The third-order valence-electron chi connectivity index (χ3n) is 2.19. The number of rotatable bonds is 2. The van der Waals surface area contributed by atoms with E-state index in [1.54, 1.807) is 6.07 Å². The highest BCUT2D eigenvalue weighted by Gasteiger charge is 2.11. The molecule has 0 atom stereocenters. The first-order valence-corrected chi connectivity index (χ1v) is 5.35. The topological polar surface area (TPSA) is 42.0 Å². The van der Waals surface area contributed by atoms with Crippen LogP contribution in [0.5, 0.6) is 0 Å². The Bertz CT molecular complexity index is 494. The zero-order chi connectivity index (χ0) is 12.3. The van der Waals surface area contributed by atoms with Crippen LogP contribution in [0.15, 0.2) is 42.0 Å². The van der Waals surface area contributed by atoms with Gasteiger partial charge >= 0.3 is 0 Å². The molecule has 0 bridgehead atoms. The van der Waals surface area contributed by atoms with Gasteiger partial charge in [-0.05, 0) is 30.7 Å². The van der Waals surface area contributed by atoms with Crippen molar-refractivity contribution in [3.05, 3.63) is 59.1 Å². The molecule has 1 aliphatic rings. The fourth-order valence-electron chi connectivity index (χ4n) is 1.34. The van der Waals surface area contributed by atoms with Gasteiger partial charge < -0.3 is 5.32 Å². The Morgan fingerprint density at radius 1 is 1.41 bits per heavy atom. The summed E-state index contributed by atoms with van der Waals surface area (Å²) in [7, 11) is 0. The number of aromatic nitrogens is 1. The third kappa shape index (κ3) is 3.14. The van der Waals surface area contributed by atoms with Crippen molar-refractivity contribution >= 4 is 17.5 Å². The van der Waals surface area contributed by atoms with Crippen LogP contribution in [0.1, 0.15) is 16.9 Å². The number of allylic oxidation sites excluding steroid dienone is 4. The van der Waals surface area contributed by atoms with E-state index in [9.17, 15) is 9.18 Å². The Morgan fingerprint density at radius 3 is 2.82 bits per heavy atom. The molecule has 3 nitrogen and oxygen atoms in total. The lowest BCUT2D eigenvalue weighted by Gasteiger charge is -2.11. The lowest BCUT2D eigenvalue weighted by molar-refractivity contribution is 0.0960. The van der Waals surface area contributed by atoms with Crippen molar-refractivity contribution in [3.63, 3.8) is 0 Å². The highest BCUT2D eigenvalue weighted by Crippen LogP contribution is 2.16. The molecule has 0 saturated carbocycles. The molecule has 1 radical (unpaired) electrons. The van der Waals surface area contributed by atoms with E-state index in [4.69, 9.17) is 11.6 Å². The van der Waals surface area contributed by atoms with E-state index in [1.807, 2.05) is 0 Å². The summed E-state index contributed by atoms with van der Waals surface area (Å²) in [6.07, 6.45) is 5.99. The standard InChI is InChI=1S/C12H9ClFN2O/c13-8-1-6-11(15-7-8)12(17)16-10-4-2-9(14)3-5-10/h1-4,6-7H,5H2,(H,16,17). The van der Waals surface area contributed by atoms with Gasteiger partial charge in [0.05, 0.1) is 5.02 Å². The molecule has 0 aliphatic heterocycles. The van der Waals surface area contributed by atoms with Crippen LogP contribution in [0.25, 0.3) is 0 Å². The van der Waals surface area contributed by atoms with Gasteiger partial charge in [0.25, 0.3) is 5.91 Å². The average molecular weight is 252 g/mol. The van der Waals surface area contributed by atoms with Crippen molar-refractivity contribution < 1.29 is 9.18 Å². The molecule has 1 aliphatic carbocycles. The van der Waals surface area contributed by atoms with Crippen LogP contribution in [-0.4, -0.2) is 10.9 Å². The Labute approximate surface area is 103 Å². The van der Waals surface area contributed by atoms with Crippen molar-refractivity contribution in [1.82, 2.24) is 10.3 Å². The molecule has 2 rings (SSSR count). The summed E-state index contributed by atoms with van der Waals surface area (Å²) >= 11 is 5.66. The van der Waals surface area contributed by atoms with Crippen LogP contribution in [0.2, 0.25) is 5.02 Å².